The predicted octanol–water partition coefficient (Wildman–Crippen LogP) is 12.4. The van der Waals surface area contributed by atoms with Gasteiger partial charge in [-0.1, -0.05) is 200 Å². The highest BCUT2D eigenvalue weighted by Crippen LogP contribution is 2.16. The lowest BCUT2D eigenvalue weighted by molar-refractivity contribution is -0.154. The molecule has 258 valence electrons. The molecule has 1 unspecified atom stereocenters. The van der Waals surface area contributed by atoms with Crippen molar-refractivity contribution in [3.8, 4) is 0 Å². The Labute approximate surface area is 270 Å². The van der Waals surface area contributed by atoms with Crippen LogP contribution in [0.3, 0.4) is 0 Å². The van der Waals surface area contributed by atoms with Crippen LogP contribution >= 0.6 is 0 Å². The van der Waals surface area contributed by atoms with Crippen molar-refractivity contribution in [1.29, 1.82) is 0 Å². The van der Waals surface area contributed by atoms with Gasteiger partial charge >= 0.3 is 5.97 Å². The lowest BCUT2D eigenvalue weighted by Crippen LogP contribution is -2.27. The zero-order chi connectivity index (χ0) is 31.3. The summed E-state index contributed by atoms with van der Waals surface area (Å²) in [5.41, 5.74) is 0. The van der Waals surface area contributed by atoms with Gasteiger partial charge < -0.3 is 14.6 Å². The highest BCUT2D eigenvalue weighted by Gasteiger charge is 2.13. The lowest BCUT2D eigenvalue weighted by Gasteiger charge is -2.16. The third-order valence-electron chi connectivity index (χ3n) is 8.93. The van der Waals surface area contributed by atoms with Crippen LogP contribution in [0, 0.1) is 0 Å². The number of carbonyl (C=O) groups is 1. The van der Waals surface area contributed by atoms with Crippen molar-refractivity contribution in [2.75, 3.05) is 19.8 Å². The molecule has 0 spiro atoms. The number of aliphatic hydroxyl groups excluding tert-OH is 1. The molecular weight excluding hydrogens is 532 g/mol. The van der Waals surface area contributed by atoms with Gasteiger partial charge in [-0.15, -0.1) is 0 Å². The Morgan fingerprint density at radius 2 is 0.767 bits per heavy atom. The van der Waals surface area contributed by atoms with Crippen LogP contribution < -0.4 is 0 Å². The van der Waals surface area contributed by atoms with Crippen LogP contribution in [0.25, 0.3) is 0 Å². The minimum Gasteiger partial charge on any atom is -0.457 e. The summed E-state index contributed by atoms with van der Waals surface area (Å²) < 4.78 is 11.1. The first-order valence-corrected chi connectivity index (χ1v) is 19.6. The summed E-state index contributed by atoms with van der Waals surface area (Å²) in [4.78, 5) is 12.1. The van der Waals surface area contributed by atoms with Crippen LogP contribution in [-0.4, -0.2) is 37.0 Å². The molecule has 0 aliphatic heterocycles. The Kier molecular flexibility index (Phi) is 37.0. The summed E-state index contributed by atoms with van der Waals surface area (Å²) >= 11 is 0. The summed E-state index contributed by atoms with van der Waals surface area (Å²) in [6, 6.07) is 0. The van der Waals surface area contributed by atoms with Crippen LogP contribution in [0.15, 0.2) is 0 Å². The molecule has 0 rings (SSSR count). The van der Waals surface area contributed by atoms with Crippen LogP contribution in [-0.2, 0) is 14.3 Å². The van der Waals surface area contributed by atoms with E-state index in [9.17, 15) is 9.90 Å². The van der Waals surface area contributed by atoms with Crippen molar-refractivity contribution in [3.05, 3.63) is 0 Å². The number of hydrogen-bond donors (Lipinski definition) is 1. The number of rotatable bonds is 37. The van der Waals surface area contributed by atoms with E-state index in [-0.39, 0.29) is 12.6 Å². The minimum absolute atomic E-state index is 0.164. The maximum Gasteiger partial charge on any atom is 0.306 e. The van der Waals surface area contributed by atoms with E-state index in [2.05, 4.69) is 13.8 Å². The van der Waals surface area contributed by atoms with Gasteiger partial charge in [-0.05, 0) is 12.8 Å². The first kappa shape index (κ1) is 42.4. The van der Waals surface area contributed by atoms with Gasteiger partial charge in [-0.25, -0.2) is 0 Å². The lowest BCUT2D eigenvalue weighted by atomic mass is 10.0. The second-order valence-corrected chi connectivity index (χ2v) is 13.4. The number of esters is 1. The number of ether oxygens (including phenoxy) is 2. The summed E-state index contributed by atoms with van der Waals surface area (Å²) in [5, 5.41) is 9.53. The molecule has 4 nitrogen and oxygen atoms in total. The Morgan fingerprint density at radius 1 is 0.465 bits per heavy atom. The molecule has 0 saturated heterocycles. The monoisotopic (exact) mass is 611 g/mol. The molecule has 0 saturated carbocycles. The molecule has 43 heavy (non-hydrogen) atoms. The zero-order valence-corrected chi connectivity index (χ0v) is 29.5. The summed E-state index contributed by atoms with van der Waals surface area (Å²) in [7, 11) is 0. The van der Waals surface area contributed by atoms with Gasteiger partial charge in [-0.2, -0.15) is 0 Å². The normalized spacial score (nSPS) is 12.2. The van der Waals surface area contributed by atoms with E-state index >= 15 is 0 Å². The summed E-state index contributed by atoms with van der Waals surface area (Å²) in [6.45, 7) is 5.37. The molecular formula is C39H78O4. The Morgan fingerprint density at radius 3 is 1.09 bits per heavy atom. The average Bonchev–Trinajstić information content (AvgIpc) is 3.01. The first-order valence-electron chi connectivity index (χ1n) is 19.6. The third kappa shape index (κ3) is 35.7. The van der Waals surface area contributed by atoms with E-state index in [4.69, 9.17) is 9.47 Å². The van der Waals surface area contributed by atoms with E-state index in [0.717, 1.165) is 19.3 Å². The van der Waals surface area contributed by atoms with Crippen molar-refractivity contribution in [1.82, 2.24) is 0 Å². The maximum atomic E-state index is 12.1. The average molecular weight is 611 g/mol. The summed E-state index contributed by atoms with van der Waals surface area (Å²) in [6.07, 6.45) is 41.6. The number of aliphatic hydroxyl groups is 1. The SMILES string of the molecule is CCCCCCCCCCCCCCCCCCCCCCCCC(=O)OC(CO)COCCCCCCCCCCC. The Hall–Kier alpha value is -0.610. The van der Waals surface area contributed by atoms with Gasteiger partial charge in [0, 0.05) is 13.0 Å². The fraction of sp³-hybridized carbons (Fsp3) is 0.974. The van der Waals surface area contributed by atoms with Crippen molar-refractivity contribution in [2.24, 2.45) is 0 Å². The predicted molar refractivity (Wildman–Crippen MR) is 187 cm³/mol. The van der Waals surface area contributed by atoms with Crippen molar-refractivity contribution >= 4 is 5.97 Å². The smallest absolute Gasteiger partial charge is 0.306 e. The highest BCUT2D eigenvalue weighted by molar-refractivity contribution is 5.69. The van der Waals surface area contributed by atoms with Crippen LogP contribution in [0.4, 0.5) is 0 Å². The van der Waals surface area contributed by atoms with Crippen molar-refractivity contribution in [3.63, 3.8) is 0 Å². The van der Waals surface area contributed by atoms with Gasteiger partial charge in [0.2, 0.25) is 0 Å². The summed E-state index contributed by atoms with van der Waals surface area (Å²) in [5.74, 6) is -0.195. The zero-order valence-electron chi connectivity index (χ0n) is 29.5. The van der Waals surface area contributed by atoms with Crippen LogP contribution in [0.5, 0.6) is 0 Å². The number of carbonyl (C=O) groups excluding carboxylic acids is 1. The maximum absolute atomic E-state index is 12.1. The molecule has 0 heterocycles. The van der Waals surface area contributed by atoms with E-state index in [0.29, 0.717) is 19.6 Å². The van der Waals surface area contributed by atoms with E-state index in [1.807, 2.05) is 0 Å². The topological polar surface area (TPSA) is 55.8 Å². The molecule has 0 aliphatic rings. The Balaban J connectivity index is 3.33. The molecule has 0 amide bonds. The second kappa shape index (κ2) is 37.6. The molecule has 0 aliphatic carbocycles. The molecule has 0 aromatic heterocycles. The standard InChI is InChI=1S/C39H78O4/c1-3-5-7-9-11-13-14-15-16-17-18-19-20-21-22-23-24-25-26-28-30-32-34-39(41)43-38(36-40)37-42-35-33-31-29-27-12-10-8-6-4-2/h38,40H,3-37H2,1-2H3. The molecule has 0 bridgehead atoms. The van der Waals surface area contributed by atoms with Crippen LogP contribution in [0.2, 0.25) is 0 Å². The molecule has 1 atom stereocenters. The van der Waals surface area contributed by atoms with Crippen molar-refractivity contribution < 1.29 is 19.4 Å². The van der Waals surface area contributed by atoms with Crippen LogP contribution in [0.1, 0.15) is 219 Å². The first-order chi connectivity index (χ1) is 21.2. The van der Waals surface area contributed by atoms with Gasteiger partial charge in [0.1, 0.15) is 6.10 Å². The number of unbranched alkanes of at least 4 members (excludes halogenated alkanes) is 29. The fourth-order valence-corrected chi connectivity index (χ4v) is 5.98. The largest absolute Gasteiger partial charge is 0.457 e. The molecule has 0 fully saturated rings. The minimum atomic E-state index is -0.522. The molecule has 4 heteroatoms. The van der Waals surface area contributed by atoms with Gasteiger partial charge in [0.05, 0.1) is 13.2 Å². The second-order valence-electron chi connectivity index (χ2n) is 13.4. The molecule has 1 N–H and O–H groups in total. The number of hydrogen-bond acceptors (Lipinski definition) is 4. The Bertz CT molecular complexity index is 523. The highest BCUT2D eigenvalue weighted by atomic mass is 16.6. The van der Waals surface area contributed by atoms with E-state index < -0.39 is 6.10 Å². The quantitative estimate of drug-likeness (QED) is 0.0561. The van der Waals surface area contributed by atoms with E-state index in [1.165, 1.54) is 180 Å². The molecule has 0 aromatic rings. The third-order valence-corrected chi connectivity index (χ3v) is 8.93. The van der Waals surface area contributed by atoms with Gasteiger partial charge in [0.25, 0.3) is 0 Å². The van der Waals surface area contributed by atoms with E-state index in [1.54, 1.807) is 0 Å². The molecule has 0 radical (unpaired) electrons. The fourth-order valence-electron chi connectivity index (χ4n) is 5.98. The van der Waals surface area contributed by atoms with Gasteiger partial charge in [0.15, 0.2) is 0 Å². The van der Waals surface area contributed by atoms with Gasteiger partial charge in [-0.3, -0.25) is 4.79 Å². The van der Waals surface area contributed by atoms with Crippen molar-refractivity contribution in [2.45, 2.75) is 225 Å². The molecule has 0 aromatic carbocycles.